The van der Waals surface area contributed by atoms with E-state index in [1.54, 1.807) is 6.92 Å². The van der Waals surface area contributed by atoms with Crippen LogP contribution in [0.1, 0.15) is 30.9 Å². The largest absolute Gasteiger partial charge is 0.466 e. The average Bonchev–Trinajstić information content (AvgIpc) is 2.36. The highest BCUT2D eigenvalue weighted by molar-refractivity contribution is 5.84. The van der Waals surface area contributed by atoms with E-state index < -0.39 is 17.7 Å². The molecule has 0 spiro atoms. The summed E-state index contributed by atoms with van der Waals surface area (Å²) in [6.07, 6.45) is -4.63. The molecule has 0 bridgehead atoms. The summed E-state index contributed by atoms with van der Waals surface area (Å²) >= 11 is 0. The number of halogens is 3. The second kappa shape index (κ2) is 7.07. The minimum absolute atomic E-state index is 0.0327. The highest BCUT2D eigenvalue weighted by Gasteiger charge is 2.30. The van der Waals surface area contributed by atoms with E-state index in [1.165, 1.54) is 12.1 Å². The first-order chi connectivity index (χ1) is 9.32. The summed E-state index contributed by atoms with van der Waals surface area (Å²) in [7, 11) is 0. The Kier molecular flexibility index (Phi) is 5.73. The van der Waals surface area contributed by atoms with Crippen molar-refractivity contribution >= 4 is 11.8 Å². The fraction of sp³-hybridized carbons (Fsp3) is 0.429. The number of hydrogen-bond donors (Lipinski definition) is 0. The number of carbonyl (C=O) groups excluding carboxylic acids is 2. The van der Waals surface area contributed by atoms with Crippen molar-refractivity contribution in [2.75, 3.05) is 6.61 Å². The first-order valence-electron chi connectivity index (χ1n) is 6.16. The van der Waals surface area contributed by atoms with E-state index in [1.807, 2.05) is 0 Å². The highest BCUT2D eigenvalue weighted by Crippen LogP contribution is 2.29. The van der Waals surface area contributed by atoms with Crippen LogP contribution in [0.5, 0.6) is 0 Å². The lowest BCUT2D eigenvalue weighted by Crippen LogP contribution is -2.10. The van der Waals surface area contributed by atoms with Crippen molar-refractivity contribution in [3.8, 4) is 0 Å². The first-order valence-corrected chi connectivity index (χ1v) is 6.16. The quantitative estimate of drug-likeness (QED) is 0.755. The van der Waals surface area contributed by atoms with E-state index in [-0.39, 0.29) is 37.2 Å². The number of esters is 1. The molecule has 0 saturated carbocycles. The SMILES string of the molecule is CCOC(=O)CCC(=O)Cc1cccc(C(F)(F)F)c1. The zero-order valence-corrected chi connectivity index (χ0v) is 11.0. The molecule has 0 aliphatic carbocycles. The molecule has 0 unspecified atom stereocenters. The Morgan fingerprint density at radius 3 is 2.50 bits per heavy atom. The van der Waals surface area contributed by atoms with Crippen LogP contribution in [0.15, 0.2) is 24.3 Å². The van der Waals surface area contributed by atoms with Crippen LogP contribution in [-0.2, 0) is 26.9 Å². The maximum absolute atomic E-state index is 12.5. The molecule has 0 aliphatic rings. The lowest BCUT2D eigenvalue weighted by atomic mass is 10.0. The van der Waals surface area contributed by atoms with Gasteiger partial charge in [0.2, 0.25) is 0 Å². The molecule has 0 saturated heterocycles. The predicted molar refractivity (Wildman–Crippen MR) is 66.0 cm³/mol. The van der Waals surface area contributed by atoms with Crippen molar-refractivity contribution in [1.82, 2.24) is 0 Å². The van der Waals surface area contributed by atoms with Crippen molar-refractivity contribution in [2.24, 2.45) is 0 Å². The van der Waals surface area contributed by atoms with Crippen LogP contribution >= 0.6 is 0 Å². The van der Waals surface area contributed by atoms with Crippen LogP contribution in [0, 0.1) is 0 Å². The van der Waals surface area contributed by atoms with E-state index >= 15 is 0 Å². The van der Waals surface area contributed by atoms with Gasteiger partial charge in [-0.3, -0.25) is 9.59 Å². The number of hydrogen-bond acceptors (Lipinski definition) is 3. The van der Waals surface area contributed by atoms with E-state index in [2.05, 4.69) is 4.74 Å². The van der Waals surface area contributed by atoms with Crippen LogP contribution in [0.3, 0.4) is 0 Å². The number of ketones is 1. The smallest absolute Gasteiger partial charge is 0.416 e. The normalized spacial score (nSPS) is 11.2. The third-order valence-corrected chi connectivity index (χ3v) is 2.57. The minimum Gasteiger partial charge on any atom is -0.466 e. The molecule has 0 aromatic heterocycles. The molecule has 0 aliphatic heterocycles. The van der Waals surface area contributed by atoms with Crippen molar-refractivity contribution in [3.63, 3.8) is 0 Å². The van der Waals surface area contributed by atoms with Crippen molar-refractivity contribution in [2.45, 2.75) is 32.4 Å². The zero-order chi connectivity index (χ0) is 15.2. The number of benzene rings is 1. The lowest BCUT2D eigenvalue weighted by molar-refractivity contribution is -0.144. The molecule has 0 fully saturated rings. The van der Waals surface area contributed by atoms with Crippen LogP contribution in [0.2, 0.25) is 0 Å². The van der Waals surface area contributed by atoms with Crippen LogP contribution < -0.4 is 0 Å². The summed E-state index contributed by atoms with van der Waals surface area (Å²) in [6, 6.07) is 4.61. The number of rotatable bonds is 6. The molecular formula is C14H15F3O3. The monoisotopic (exact) mass is 288 g/mol. The van der Waals surface area contributed by atoms with E-state index in [4.69, 9.17) is 0 Å². The number of carbonyl (C=O) groups is 2. The first kappa shape index (κ1) is 16.2. The van der Waals surface area contributed by atoms with Gasteiger partial charge in [0.25, 0.3) is 0 Å². The van der Waals surface area contributed by atoms with Crippen LogP contribution in [0.4, 0.5) is 13.2 Å². The third kappa shape index (κ3) is 5.42. The molecule has 1 aromatic carbocycles. The van der Waals surface area contributed by atoms with Gasteiger partial charge in [0.1, 0.15) is 5.78 Å². The van der Waals surface area contributed by atoms with E-state index in [9.17, 15) is 22.8 Å². The average molecular weight is 288 g/mol. The number of ether oxygens (including phenoxy) is 1. The highest BCUT2D eigenvalue weighted by atomic mass is 19.4. The maximum Gasteiger partial charge on any atom is 0.416 e. The molecule has 0 heterocycles. The van der Waals surface area contributed by atoms with Gasteiger partial charge < -0.3 is 4.74 Å². The molecule has 3 nitrogen and oxygen atoms in total. The molecule has 0 radical (unpaired) electrons. The van der Waals surface area contributed by atoms with Crippen LogP contribution in [-0.4, -0.2) is 18.4 Å². The standard InChI is InChI=1S/C14H15F3O3/c1-2-20-13(19)7-6-12(18)9-10-4-3-5-11(8-10)14(15,16)17/h3-5,8H,2,6-7,9H2,1H3. The lowest BCUT2D eigenvalue weighted by Gasteiger charge is -2.08. The van der Waals surface area contributed by atoms with Gasteiger partial charge in [-0.15, -0.1) is 0 Å². The molecule has 6 heteroatoms. The Morgan fingerprint density at radius 2 is 1.90 bits per heavy atom. The summed E-state index contributed by atoms with van der Waals surface area (Å²) in [5.41, 5.74) is -0.498. The Labute approximate surface area is 114 Å². The fourth-order valence-electron chi connectivity index (χ4n) is 1.65. The van der Waals surface area contributed by atoms with E-state index in [0.717, 1.165) is 12.1 Å². The number of Topliss-reactive ketones (excluding diaryl/α,β-unsaturated/α-hetero) is 1. The van der Waals surface area contributed by atoms with Crippen molar-refractivity contribution in [1.29, 1.82) is 0 Å². The molecular weight excluding hydrogens is 273 g/mol. The summed E-state index contributed by atoms with van der Waals surface area (Å²) < 4.78 is 42.2. The molecule has 0 atom stereocenters. The van der Waals surface area contributed by atoms with Crippen LogP contribution in [0.25, 0.3) is 0 Å². The fourth-order valence-corrected chi connectivity index (χ4v) is 1.65. The topological polar surface area (TPSA) is 43.4 Å². The Morgan fingerprint density at radius 1 is 1.20 bits per heavy atom. The molecule has 110 valence electrons. The Bertz CT molecular complexity index is 481. The van der Waals surface area contributed by atoms with Gasteiger partial charge in [-0.05, 0) is 18.6 Å². The number of alkyl halides is 3. The predicted octanol–water partition coefficient (Wildman–Crippen LogP) is 3.16. The summed E-state index contributed by atoms with van der Waals surface area (Å²) in [4.78, 5) is 22.7. The molecule has 20 heavy (non-hydrogen) atoms. The summed E-state index contributed by atoms with van der Waals surface area (Å²) in [5.74, 6) is -0.776. The van der Waals surface area contributed by atoms with Gasteiger partial charge in [-0.1, -0.05) is 18.2 Å². The minimum atomic E-state index is -4.43. The molecule has 0 N–H and O–H groups in total. The van der Waals surface area contributed by atoms with Gasteiger partial charge in [0.05, 0.1) is 18.6 Å². The Hall–Kier alpha value is -1.85. The molecule has 1 rings (SSSR count). The molecule has 1 aromatic rings. The Balaban J connectivity index is 2.56. The van der Waals surface area contributed by atoms with Gasteiger partial charge in [-0.25, -0.2) is 0 Å². The van der Waals surface area contributed by atoms with Gasteiger partial charge in [0, 0.05) is 12.8 Å². The molecule has 0 amide bonds. The van der Waals surface area contributed by atoms with E-state index in [0.29, 0.717) is 0 Å². The van der Waals surface area contributed by atoms with Crippen molar-refractivity contribution < 1.29 is 27.5 Å². The van der Waals surface area contributed by atoms with Gasteiger partial charge in [-0.2, -0.15) is 13.2 Å². The second-order valence-corrected chi connectivity index (χ2v) is 4.22. The zero-order valence-electron chi connectivity index (χ0n) is 11.0. The summed E-state index contributed by atoms with van der Waals surface area (Å²) in [5, 5.41) is 0. The van der Waals surface area contributed by atoms with Gasteiger partial charge >= 0.3 is 12.1 Å². The second-order valence-electron chi connectivity index (χ2n) is 4.22. The maximum atomic E-state index is 12.5. The van der Waals surface area contributed by atoms with Crippen molar-refractivity contribution in [3.05, 3.63) is 35.4 Å². The third-order valence-electron chi connectivity index (χ3n) is 2.57. The van der Waals surface area contributed by atoms with Gasteiger partial charge in [0.15, 0.2) is 0 Å². The summed E-state index contributed by atoms with van der Waals surface area (Å²) in [6.45, 7) is 1.89.